The molecule has 2 N–H and O–H groups in total. The van der Waals surface area contributed by atoms with Crippen molar-refractivity contribution in [2.45, 2.75) is 25.3 Å². The van der Waals surface area contributed by atoms with Gasteiger partial charge in [-0.05, 0) is 37.1 Å². The van der Waals surface area contributed by atoms with Gasteiger partial charge in [-0.3, -0.25) is 14.4 Å². The largest absolute Gasteiger partial charge is 0.484 e. The van der Waals surface area contributed by atoms with Crippen LogP contribution < -0.4 is 10.1 Å². The maximum atomic E-state index is 12.4. The van der Waals surface area contributed by atoms with Crippen LogP contribution in [-0.2, 0) is 9.59 Å². The molecular formula is C19H20N2O6. The SMILES string of the molecule is O=C(O)CC1CCCN1C(=O)COc1cccc(NC(=O)c2ccco2)c1. The molecule has 3 rings (SSSR count). The van der Waals surface area contributed by atoms with Gasteiger partial charge in [0, 0.05) is 24.3 Å². The Labute approximate surface area is 155 Å². The number of anilines is 1. The van der Waals surface area contributed by atoms with Crippen LogP contribution in [-0.4, -0.2) is 47.0 Å². The molecule has 0 spiro atoms. The molecule has 1 aliphatic heterocycles. The molecule has 0 aliphatic carbocycles. The van der Waals surface area contributed by atoms with Crippen LogP contribution in [0.3, 0.4) is 0 Å². The van der Waals surface area contributed by atoms with E-state index in [1.54, 1.807) is 41.3 Å². The minimum atomic E-state index is -0.916. The minimum Gasteiger partial charge on any atom is -0.484 e. The number of carbonyl (C=O) groups is 3. The number of carboxylic acid groups (broad SMARTS) is 1. The van der Waals surface area contributed by atoms with Gasteiger partial charge >= 0.3 is 5.97 Å². The average molecular weight is 372 g/mol. The highest BCUT2D eigenvalue weighted by Crippen LogP contribution is 2.22. The number of nitrogens with one attached hydrogen (secondary N) is 1. The molecular weight excluding hydrogens is 352 g/mol. The van der Waals surface area contributed by atoms with Crippen molar-refractivity contribution in [3.8, 4) is 5.75 Å². The third-order valence-corrected chi connectivity index (χ3v) is 4.31. The standard InChI is InChI=1S/C19H20N2O6/c22-17(21-8-2-5-14(21)11-18(23)24)12-27-15-6-1-4-13(10-15)20-19(25)16-7-3-9-26-16/h1,3-4,6-7,9-10,14H,2,5,8,11-12H2,(H,20,25)(H,23,24). The van der Waals surface area contributed by atoms with Crippen LogP contribution in [0.15, 0.2) is 47.1 Å². The molecule has 1 aromatic carbocycles. The van der Waals surface area contributed by atoms with E-state index >= 15 is 0 Å². The summed E-state index contributed by atoms with van der Waals surface area (Å²) in [7, 11) is 0. The minimum absolute atomic E-state index is 0.0555. The molecule has 27 heavy (non-hydrogen) atoms. The summed E-state index contributed by atoms with van der Waals surface area (Å²) in [5.41, 5.74) is 0.506. The van der Waals surface area contributed by atoms with Crippen molar-refractivity contribution in [1.29, 1.82) is 0 Å². The first-order valence-electron chi connectivity index (χ1n) is 8.62. The van der Waals surface area contributed by atoms with Crippen molar-refractivity contribution in [1.82, 2.24) is 4.90 Å². The summed E-state index contributed by atoms with van der Waals surface area (Å²) >= 11 is 0. The van der Waals surface area contributed by atoms with Gasteiger partial charge in [0.2, 0.25) is 0 Å². The number of carboxylic acids is 1. The quantitative estimate of drug-likeness (QED) is 0.772. The van der Waals surface area contributed by atoms with Gasteiger partial charge in [0.15, 0.2) is 12.4 Å². The van der Waals surface area contributed by atoms with E-state index in [1.165, 1.54) is 6.26 Å². The van der Waals surface area contributed by atoms with E-state index in [0.29, 0.717) is 24.4 Å². The Hall–Kier alpha value is -3.29. The van der Waals surface area contributed by atoms with Crippen LogP contribution in [0, 0.1) is 0 Å². The number of amides is 2. The molecule has 1 saturated heterocycles. The van der Waals surface area contributed by atoms with Gasteiger partial charge in [-0.2, -0.15) is 0 Å². The Kier molecular flexibility index (Phi) is 5.75. The lowest BCUT2D eigenvalue weighted by Gasteiger charge is -2.23. The van der Waals surface area contributed by atoms with E-state index in [2.05, 4.69) is 5.32 Å². The number of nitrogens with zero attached hydrogens (tertiary/aromatic N) is 1. The van der Waals surface area contributed by atoms with Crippen molar-refractivity contribution in [3.63, 3.8) is 0 Å². The summed E-state index contributed by atoms with van der Waals surface area (Å²) < 4.78 is 10.6. The Bertz CT molecular complexity index is 817. The molecule has 8 nitrogen and oxygen atoms in total. The van der Waals surface area contributed by atoms with E-state index in [1.807, 2.05) is 0 Å². The van der Waals surface area contributed by atoms with Crippen molar-refractivity contribution in [2.75, 3.05) is 18.5 Å². The first-order chi connectivity index (χ1) is 13.0. The van der Waals surface area contributed by atoms with Crippen molar-refractivity contribution < 1.29 is 28.6 Å². The lowest BCUT2D eigenvalue weighted by molar-refractivity contribution is -0.140. The second-order valence-corrected chi connectivity index (χ2v) is 6.23. The first-order valence-corrected chi connectivity index (χ1v) is 8.62. The number of benzene rings is 1. The van der Waals surface area contributed by atoms with Gasteiger partial charge in [-0.15, -0.1) is 0 Å². The highest BCUT2D eigenvalue weighted by molar-refractivity contribution is 6.02. The van der Waals surface area contributed by atoms with E-state index in [-0.39, 0.29) is 36.6 Å². The molecule has 1 aromatic heterocycles. The summed E-state index contributed by atoms with van der Waals surface area (Å²) in [5, 5.41) is 11.6. The number of ether oxygens (including phenoxy) is 1. The highest BCUT2D eigenvalue weighted by atomic mass is 16.5. The Morgan fingerprint density at radius 3 is 2.85 bits per heavy atom. The van der Waals surface area contributed by atoms with Crippen LogP contribution >= 0.6 is 0 Å². The van der Waals surface area contributed by atoms with Crippen molar-refractivity contribution in [3.05, 3.63) is 48.4 Å². The first kappa shape index (κ1) is 18.5. The number of rotatable bonds is 7. The van der Waals surface area contributed by atoms with Crippen LogP contribution in [0.1, 0.15) is 29.8 Å². The molecule has 1 atom stereocenters. The van der Waals surface area contributed by atoms with Gasteiger partial charge in [-0.25, -0.2) is 0 Å². The number of aliphatic carboxylic acids is 1. The topological polar surface area (TPSA) is 109 Å². The van der Waals surface area contributed by atoms with Gasteiger partial charge in [0.25, 0.3) is 11.8 Å². The fourth-order valence-electron chi connectivity index (χ4n) is 3.07. The van der Waals surface area contributed by atoms with E-state index in [9.17, 15) is 14.4 Å². The maximum absolute atomic E-state index is 12.4. The maximum Gasteiger partial charge on any atom is 0.305 e. The average Bonchev–Trinajstić information content (AvgIpc) is 3.31. The molecule has 2 heterocycles. The molecule has 2 aromatic rings. The third kappa shape index (κ3) is 4.87. The summed E-state index contributed by atoms with van der Waals surface area (Å²) in [6, 6.07) is 9.56. The second-order valence-electron chi connectivity index (χ2n) is 6.23. The summed E-state index contributed by atoms with van der Waals surface area (Å²) in [5.74, 6) is -0.934. The Morgan fingerprint density at radius 1 is 1.26 bits per heavy atom. The zero-order valence-corrected chi connectivity index (χ0v) is 14.6. The highest BCUT2D eigenvalue weighted by Gasteiger charge is 2.30. The Balaban J connectivity index is 1.56. The molecule has 0 bridgehead atoms. The zero-order chi connectivity index (χ0) is 19.2. The van der Waals surface area contributed by atoms with Crippen molar-refractivity contribution >= 4 is 23.5 Å². The summed E-state index contributed by atoms with van der Waals surface area (Å²) in [4.78, 5) is 36.8. The molecule has 1 unspecified atom stereocenters. The van der Waals surface area contributed by atoms with E-state index in [0.717, 1.165) is 6.42 Å². The van der Waals surface area contributed by atoms with Gasteiger partial charge in [0.1, 0.15) is 5.75 Å². The molecule has 142 valence electrons. The molecule has 0 radical (unpaired) electrons. The fourth-order valence-corrected chi connectivity index (χ4v) is 3.07. The number of furan rings is 1. The van der Waals surface area contributed by atoms with Crippen molar-refractivity contribution in [2.24, 2.45) is 0 Å². The number of hydrogen-bond acceptors (Lipinski definition) is 5. The van der Waals surface area contributed by atoms with Crippen LogP contribution in [0.4, 0.5) is 5.69 Å². The zero-order valence-electron chi connectivity index (χ0n) is 14.6. The lowest BCUT2D eigenvalue weighted by Crippen LogP contribution is -2.39. The van der Waals surface area contributed by atoms with Crippen LogP contribution in [0.2, 0.25) is 0 Å². The third-order valence-electron chi connectivity index (χ3n) is 4.31. The molecule has 1 aliphatic rings. The summed E-state index contributed by atoms with van der Waals surface area (Å²) in [6.07, 6.45) is 2.83. The Morgan fingerprint density at radius 2 is 2.11 bits per heavy atom. The lowest BCUT2D eigenvalue weighted by atomic mass is 10.1. The smallest absolute Gasteiger partial charge is 0.305 e. The number of likely N-dealkylation sites (tertiary alicyclic amines) is 1. The number of hydrogen-bond donors (Lipinski definition) is 2. The van der Waals surface area contributed by atoms with E-state index in [4.69, 9.17) is 14.3 Å². The van der Waals surface area contributed by atoms with Gasteiger partial charge in [0.05, 0.1) is 12.7 Å². The normalized spacial score (nSPS) is 16.1. The van der Waals surface area contributed by atoms with E-state index < -0.39 is 5.97 Å². The number of carbonyl (C=O) groups excluding carboxylic acids is 2. The van der Waals surface area contributed by atoms with Crippen LogP contribution in [0.5, 0.6) is 5.75 Å². The monoisotopic (exact) mass is 372 g/mol. The van der Waals surface area contributed by atoms with Gasteiger partial charge < -0.3 is 24.5 Å². The summed E-state index contributed by atoms with van der Waals surface area (Å²) in [6.45, 7) is 0.352. The predicted octanol–water partition coefficient (Wildman–Crippen LogP) is 2.38. The molecule has 1 fully saturated rings. The predicted molar refractivity (Wildman–Crippen MR) is 95.6 cm³/mol. The van der Waals surface area contributed by atoms with Gasteiger partial charge in [-0.1, -0.05) is 6.07 Å². The molecule has 2 amide bonds. The molecule has 8 heteroatoms. The second kappa shape index (κ2) is 8.39. The molecule has 0 saturated carbocycles. The fraction of sp³-hybridized carbons (Fsp3) is 0.316. The van der Waals surface area contributed by atoms with Crippen LogP contribution in [0.25, 0.3) is 0 Å².